The highest BCUT2D eigenvalue weighted by atomic mass is 16.7. The first-order valence-corrected chi connectivity index (χ1v) is 6.88. The maximum atomic E-state index is 10.1. The summed E-state index contributed by atoms with van der Waals surface area (Å²) in [5.41, 5.74) is -1.10. The van der Waals surface area contributed by atoms with Crippen molar-refractivity contribution in [3.8, 4) is 6.07 Å². The highest BCUT2D eigenvalue weighted by molar-refractivity contribution is 5.22. The minimum Gasteiger partial charge on any atom is -0.367 e. The summed E-state index contributed by atoms with van der Waals surface area (Å²) >= 11 is 0. The van der Waals surface area contributed by atoms with E-state index in [-0.39, 0.29) is 29.5 Å². The fraction of sp³-hybridized carbons (Fsp3) is 0.929. The number of nitriles is 1. The molecule has 3 aliphatic rings. The van der Waals surface area contributed by atoms with Crippen LogP contribution in [0.25, 0.3) is 0 Å². The molecule has 106 valence electrons. The highest BCUT2D eigenvalue weighted by Gasteiger charge is 2.70. The molecule has 2 aliphatic carbocycles. The van der Waals surface area contributed by atoms with E-state index in [1.54, 1.807) is 0 Å². The van der Waals surface area contributed by atoms with Crippen LogP contribution in [0.3, 0.4) is 0 Å². The van der Waals surface area contributed by atoms with Gasteiger partial charge in [-0.1, -0.05) is 20.8 Å². The minimum absolute atomic E-state index is 0.0367. The summed E-state index contributed by atoms with van der Waals surface area (Å²) in [7, 11) is 0. The zero-order chi connectivity index (χ0) is 14.0. The zero-order valence-electron chi connectivity index (χ0n) is 11.5. The van der Waals surface area contributed by atoms with Crippen LogP contribution < -0.4 is 0 Å². The van der Waals surface area contributed by atoms with Gasteiger partial charge < -0.3 is 19.7 Å². The van der Waals surface area contributed by atoms with Crippen molar-refractivity contribution >= 4 is 0 Å². The summed E-state index contributed by atoms with van der Waals surface area (Å²) in [6, 6.07) is 2.26. The van der Waals surface area contributed by atoms with Crippen LogP contribution in [0.2, 0.25) is 0 Å². The van der Waals surface area contributed by atoms with Gasteiger partial charge in [0, 0.05) is 11.3 Å². The number of hydrogen-bond donors (Lipinski definition) is 2. The summed E-state index contributed by atoms with van der Waals surface area (Å²) in [6.07, 6.45) is -0.903. The van der Waals surface area contributed by atoms with E-state index in [1.807, 2.05) is 20.8 Å². The van der Waals surface area contributed by atoms with Crippen molar-refractivity contribution in [2.75, 3.05) is 0 Å². The topological polar surface area (TPSA) is 82.7 Å². The van der Waals surface area contributed by atoms with Gasteiger partial charge in [-0.25, -0.2) is 0 Å². The molecule has 3 rings (SSSR count). The minimum atomic E-state index is -1.02. The average Bonchev–Trinajstić information content (AvgIpc) is 2.89. The number of aliphatic hydroxyl groups is 2. The Morgan fingerprint density at radius 3 is 2.74 bits per heavy atom. The molecule has 3 fully saturated rings. The molecule has 5 nitrogen and oxygen atoms in total. The van der Waals surface area contributed by atoms with Gasteiger partial charge in [0.2, 0.25) is 0 Å². The van der Waals surface area contributed by atoms with E-state index in [0.29, 0.717) is 6.42 Å². The summed E-state index contributed by atoms with van der Waals surface area (Å²) in [4.78, 5) is 0. The second-order valence-electron chi connectivity index (χ2n) is 7.23. The fourth-order valence-electron chi connectivity index (χ4n) is 3.83. The number of aliphatic hydroxyl groups excluding tert-OH is 2. The predicted molar refractivity (Wildman–Crippen MR) is 65.5 cm³/mol. The molecule has 0 radical (unpaired) electrons. The Labute approximate surface area is 113 Å². The molecule has 0 aromatic carbocycles. The van der Waals surface area contributed by atoms with Gasteiger partial charge in [0.25, 0.3) is 0 Å². The molecule has 0 spiro atoms. The quantitative estimate of drug-likeness (QED) is 0.729. The monoisotopic (exact) mass is 267 g/mol. The molecule has 7 unspecified atom stereocenters. The smallest absolute Gasteiger partial charge is 0.174 e. The van der Waals surface area contributed by atoms with E-state index < -0.39 is 18.0 Å². The van der Waals surface area contributed by atoms with Crippen LogP contribution in [0.5, 0.6) is 0 Å². The molecule has 19 heavy (non-hydrogen) atoms. The van der Waals surface area contributed by atoms with Crippen molar-refractivity contribution in [3.63, 3.8) is 0 Å². The first-order valence-electron chi connectivity index (χ1n) is 6.88. The van der Waals surface area contributed by atoms with Gasteiger partial charge in [-0.05, 0) is 18.8 Å². The number of fused-ring (bicyclic) bond motifs is 1. The second kappa shape index (κ2) is 3.92. The molecular formula is C14H21NO4. The molecule has 2 N–H and O–H groups in total. The van der Waals surface area contributed by atoms with Crippen LogP contribution in [-0.4, -0.2) is 35.0 Å². The van der Waals surface area contributed by atoms with Gasteiger partial charge in [0.05, 0.1) is 18.3 Å². The molecule has 7 atom stereocenters. The van der Waals surface area contributed by atoms with E-state index in [9.17, 15) is 15.5 Å². The SMILES string of the molecule is CC(C)(C)C(O)OC1C2CC3C1OC(O)C3(C#N)C2. The van der Waals surface area contributed by atoms with Crippen molar-refractivity contribution in [2.24, 2.45) is 22.7 Å². The van der Waals surface area contributed by atoms with E-state index in [1.165, 1.54) is 0 Å². The normalized spacial score (nSPS) is 49.4. The van der Waals surface area contributed by atoms with Crippen molar-refractivity contribution in [3.05, 3.63) is 0 Å². The van der Waals surface area contributed by atoms with Crippen LogP contribution >= 0.6 is 0 Å². The molecule has 0 aromatic rings. The van der Waals surface area contributed by atoms with Gasteiger partial charge in [0.1, 0.15) is 5.41 Å². The third-order valence-electron chi connectivity index (χ3n) is 4.97. The molecule has 1 heterocycles. The van der Waals surface area contributed by atoms with Crippen LogP contribution in [-0.2, 0) is 9.47 Å². The molecule has 5 heteroatoms. The van der Waals surface area contributed by atoms with Crippen molar-refractivity contribution in [1.82, 2.24) is 0 Å². The van der Waals surface area contributed by atoms with E-state index in [0.717, 1.165) is 6.42 Å². The molecular weight excluding hydrogens is 246 g/mol. The lowest BCUT2D eigenvalue weighted by molar-refractivity contribution is -0.222. The first kappa shape index (κ1) is 13.3. The Morgan fingerprint density at radius 1 is 1.47 bits per heavy atom. The van der Waals surface area contributed by atoms with E-state index in [2.05, 4.69) is 6.07 Å². The summed E-state index contributed by atoms with van der Waals surface area (Å²) in [5.74, 6) is 0.235. The molecule has 2 bridgehead atoms. The number of ether oxygens (including phenoxy) is 2. The third kappa shape index (κ3) is 1.67. The Kier molecular flexibility index (Phi) is 2.75. The zero-order valence-corrected chi connectivity index (χ0v) is 11.5. The van der Waals surface area contributed by atoms with Gasteiger partial charge in [-0.15, -0.1) is 0 Å². The number of rotatable bonds is 2. The first-order chi connectivity index (χ1) is 8.79. The van der Waals surface area contributed by atoms with Crippen LogP contribution in [0, 0.1) is 34.0 Å². The Morgan fingerprint density at radius 2 is 2.16 bits per heavy atom. The second-order valence-corrected chi connectivity index (χ2v) is 7.23. The van der Waals surface area contributed by atoms with Crippen molar-refractivity contribution in [1.29, 1.82) is 5.26 Å². The average molecular weight is 267 g/mol. The summed E-state index contributed by atoms with van der Waals surface area (Å²) in [5, 5.41) is 29.4. The summed E-state index contributed by atoms with van der Waals surface area (Å²) < 4.78 is 11.3. The Bertz CT molecular complexity index is 426. The predicted octanol–water partition coefficient (Wildman–Crippen LogP) is 1.00. The maximum absolute atomic E-state index is 10.1. The van der Waals surface area contributed by atoms with Gasteiger partial charge in [-0.3, -0.25) is 0 Å². The molecule has 2 saturated carbocycles. The largest absolute Gasteiger partial charge is 0.367 e. The van der Waals surface area contributed by atoms with Gasteiger partial charge in [-0.2, -0.15) is 5.26 Å². The van der Waals surface area contributed by atoms with Gasteiger partial charge in [0.15, 0.2) is 12.6 Å². The van der Waals surface area contributed by atoms with Gasteiger partial charge >= 0.3 is 0 Å². The van der Waals surface area contributed by atoms with Crippen molar-refractivity contribution in [2.45, 2.75) is 58.4 Å². The van der Waals surface area contributed by atoms with Crippen LogP contribution in [0.4, 0.5) is 0 Å². The maximum Gasteiger partial charge on any atom is 0.174 e. The third-order valence-corrected chi connectivity index (χ3v) is 4.97. The van der Waals surface area contributed by atoms with Crippen LogP contribution in [0.1, 0.15) is 33.6 Å². The fourth-order valence-corrected chi connectivity index (χ4v) is 3.83. The highest BCUT2D eigenvalue weighted by Crippen LogP contribution is 2.63. The Balaban J connectivity index is 1.78. The number of nitrogens with zero attached hydrogens (tertiary/aromatic N) is 1. The lowest BCUT2D eigenvalue weighted by Crippen LogP contribution is -2.43. The lowest BCUT2D eigenvalue weighted by atomic mass is 9.74. The molecule has 1 aliphatic heterocycles. The van der Waals surface area contributed by atoms with Crippen molar-refractivity contribution < 1.29 is 19.7 Å². The standard InChI is InChI=1S/C14H21NO4/c1-13(2,3)11(16)18-9-7-4-8-10(9)19-12(17)14(8,5-7)6-15/h7-12,16-17H,4-5H2,1-3H3. The Hall–Kier alpha value is -0.670. The molecule has 1 saturated heterocycles. The summed E-state index contributed by atoms with van der Waals surface area (Å²) in [6.45, 7) is 5.73. The number of hydrogen-bond acceptors (Lipinski definition) is 5. The molecule has 0 amide bonds. The molecule has 0 aromatic heterocycles. The lowest BCUT2D eigenvalue weighted by Gasteiger charge is -2.35. The van der Waals surface area contributed by atoms with Crippen LogP contribution in [0.15, 0.2) is 0 Å². The van der Waals surface area contributed by atoms with E-state index >= 15 is 0 Å². The van der Waals surface area contributed by atoms with E-state index in [4.69, 9.17) is 9.47 Å².